The molecule has 0 spiro atoms. The van der Waals surface area contributed by atoms with E-state index in [2.05, 4.69) is 47.8 Å². The minimum atomic E-state index is -0.832. The highest BCUT2D eigenvalue weighted by atomic mass is 79.9. The molecule has 1 saturated heterocycles. The predicted molar refractivity (Wildman–Crippen MR) is 163 cm³/mol. The van der Waals surface area contributed by atoms with Crippen LogP contribution in [0.25, 0.3) is 0 Å². The molecule has 7 nitrogen and oxygen atoms in total. The number of nitrogens with zero attached hydrogens (tertiary/aromatic N) is 1. The van der Waals surface area contributed by atoms with Crippen LogP contribution >= 0.6 is 31.9 Å². The minimum Gasteiger partial charge on any atom is -0.390 e. The van der Waals surface area contributed by atoms with Crippen molar-refractivity contribution in [1.29, 1.82) is 0 Å². The summed E-state index contributed by atoms with van der Waals surface area (Å²) in [6.07, 6.45) is 0.965. The van der Waals surface area contributed by atoms with E-state index in [4.69, 9.17) is 0 Å². The number of halogens is 2. The van der Waals surface area contributed by atoms with Gasteiger partial charge in [0.15, 0.2) is 0 Å². The number of amides is 2. The lowest BCUT2D eigenvalue weighted by molar-refractivity contribution is -0.117. The fraction of sp³-hybridized carbons (Fsp3) is 0.333. The van der Waals surface area contributed by atoms with Crippen molar-refractivity contribution < 1.29 is 14.7 Å². The summed E-state index contributed by atoms with van der Waals surface area (Å²) in [6.45, 7) is 4.19. The van der Waals surface area contributed by atoms with Crippen LogP contribution in [0.2, 0.25) is 0 Å². The zero-order chi connectivity index (χ0) is 27.8. The van der Waals surface area contributed by atoms with E-state index in [1.54, 1.807) is 17.0 Å². The molecule has 1 heterocycles. The number of carbonyl (C=O) groups is 2. The van der Waals surface area contributed by atoms with E-state index in [-0.39, 0.29) is 11.8 Å². The van der Waals surface area contributed by atoms with Gasteiger partial charge in [0, 0.05) is 58.5 Å². The van der Waals surface area contributed by atoms with Gasteiger partial charge in [-0.1, -0.05) is 62.2 Å². The molecular formula is C30H34Br2N4O3. The van der Waals surface area contributed by atoms with Crippen molar-refractivity contribution in [3.8, 4) is 0 Å². The summed E-state index contributed by atoms with van der Waals surface area (Å²) in [5.41, 5.74) is 4.02. The van der Waals surface area contributed by atoms with Crippen LogP contribution < -0.4 is 20.9 Å². The van der Waals surface area contributed by atoms with Gasteiger partial charge in [-0.25, -0.2) is 0 Å². The minimum absolute atomic E-state index is 0.0657. The molecule has 1 fully saturated rings. The van der Waals surface area contributed by atoms with Crippen LogP contribution in [0.15, 0.2) is 75.7 Å². The molecule has 9 heteroatoms. The fourth-order valence-corrected chi connectivity index (χ4v) is 6.14. The highest BCUT2D eigenvalue weighted by molar-refractivity contribution is 9.11. The molecule has 0 saturated carbocycles. The molecular weight excluding hydrogens is 624 g/mol. The predicted octanol–water partition coefficient (Wildman–Crippen LogP) is 5.26. The maximum absolute atomic E-state index is 13.5. The Kier molecular flexibility index (Phi) is 10.6. The Morgan fingerprint density at radius 1 is 1.03 bits per heavy atom. The maximum Gasteiger partial charge on any atom is 0.251 e. The lowest BCUT2D eigenvalue weighted by Crippen LogP contribution is -2.48. The summed E-state index contributed by atoms with van der Waals surface area (Å²) in [6, 6.07) is 20.8. The van der Waals surface area contributed by atoms with Crippen LogP contribution in [0.5, 0.6) is 0 Å². The highest BCUT2D eigenvalue weighted by Gasteiger charge is 2.25. The molecule has 0 aliphatic carbocycles. The summed E-state index contributed by atoms with van der Waals surface area (Å²) in [7, 11) is 0. The van der Waals surface area contributed by atoms with Crippen molar-refractivity contribution in [3.05, 3.63) is 92.4 Å². The standard InChI is InChI=1S/C30H34Br2N4O3/c1-2-34-25-14-22(15-26(17-25)36-10-6-9-29(36)38)30(39)35-27(13-20-7-4-3-5-8-20)28(37)19-33-18-21-11-23(31)16-24(32)12-21/h3-5,7-8,11-12,14-17,27-28,33-34,37H,2,6,9-10,13,18-19H2,1H3,(H,35,39)/t27-,28+/m0/s1. The fourth-order valence-electron chi connectivity index (χ4n) is 4.75. The van der Waals surface area contributed by atoms with E-state index in [0.717, 1.165) is 32.2 Å². The molecule has 1 aliphatic rings. The molecule has 4 N–H and O–H groups in total. The van der Waals surface area contributed by atoms with E-state index in [9.17, 15) is 14.7 Å². The van der Waals surface area contributed by atoms with E-state index in [0.29, 0.717) is 50.3 Å². The van der Waals surface area contributed by atoms with Crippen LogP contribution in [0.3, 0.4) is 0 Å². The first-order chi connectivity index (χ1) is 18.8. The van der Waals surface area contributed by atoms with Gasteiger partial charge >= 0.3 is 0 Å². The van der Waals surface area contributed by atoms with Crippen molar-refractivity contribution in [2.45, 2.75) is 44.9 Å². The van der Waals surface area contributed by atoms with Gasteiger partial charge in [-0.3, -0.25) is 9.59 Å². The molecule has 0 radical (unpaired) electrons. The number of hydrogen-bond acceptors (Lipinski definition) is 5. The third kappa shape index (κ3) is 8.38. The van der Waals surface area contributed by atoms with Crippen LogP contribution in [0, 0.1) is 0 Å². The Hall–Kier alpha value is -2.72. The number of anilines is 2. The van der Waals surface area contributed by atoms with Crippen molar-refractivity contribution >= 4 is 55.0 Å². The Balaban J connectivity index is 1.50. The van der Waals surface area contributed by atoms with Gasteiger partial charge in [0.05, 0.1) is 12.1 Å². The average Bonchev–Trinajstić information content (AvgIpc) is 3.34. The third-order valence-corrected chi connectivity index (χ3v) is 7.55. The molecule has 39 heavy (non-hydrogen) atoms. The molecule has 0 aromatic heterocycles. The van der Waals surface area contributed by atoms with Gasteiger partial charge in [-0.15, -0.1) is 0 Å². The Morgan fingerprint density at radius 2 is 1.77 bits per heavy atom. The molecule has 1 aliphatic heterocycles. The Labute approximate surface area is 246 Å². The SMILES string of the molecule is CCNc1cc(C(=O)N[C@@H](Cc2ccccc2)[C@H](O)CNCc2cc(Br)cc(Br)c2)cc(N2CCCC2=O)c1. The van der Waals surface area contributed by atoms with Crippen LogP contribution in [0.1, 0.15) is 41.3 Å². The highest BCUT2D eigenvalue weighted by Crippen LogP contribution is 2.27. The lowest BCUT2D eigenvalue weighted by Gasteiger charge is -2.25. The monoisotopic (exact) mass is 656 g/mol. The second-order valence-corrected chi connectivity index (χ2v) is 11.5. The molecule has 4 rings (SSSR count). The van der Waals surface area contributed by atoms with Gasteiger partial charge in [-0.05, 0) is 67.3 Å². The second kappa shape index (κ2) is 14.1. The normalized spacial score (nSPS) is 14.8. The molecule has 2 amide bonds. The van der Waals surface area contributed by atoms with E-state index < -0.39 is 12.1 Å². The van der Waals surface area contributed by atoms with Crippen LogP contribution in [0.4, 0.5) is 11.4 Å². The number of aliphatic hydroxyl groups is 1. The van der Waals surface area contributed by atoms with E-state index in [1.807, 2.05) is 61.5 Å². The van der Waals surface area contributed by atoms with Gasteiger partial charge in [0.1, 0.15) is 0 Å². The number of nitrogens with one attached hydrogen (secondary N) is 3. The summed E-state index contributed by atoms with van der Waals surface area (Å²) in [5, 5.41) is 20.8. The smallest absolute Gasteiger partial charge is 0.251 e. The molecule has 3 aromatic rings. The van der Waals surface area contributed by atoms with Crippen LogP contribution in [-0.2, 0) is 17.8 Å². The number of hydrogen-bond donors (Lipinski definition) is 4. The molecule has 0 bridgehead atoms. The quantitative estimate of drug-likeness (QED) is 0.213. The average molecular weight is 658 g/mol. The number of aliphatic hydroxyl groups excluding tert-OH is 1. The van der Waals surface area contributed by atoms with Crippen molar-refractivity contribution in [2.24, 2.45) is 0 Å². The van der Waals surface area contributed by atoms with E-state index in [1.165, 1.54) is 0 Å². The number of benzene rings is 3. The van der Waals surface area contributed by atoms with Crippen molar-refractivity contribution in [2.75, 3.05) is 29.9 Å². The van der Waals surface area contributed by atoms with Gasteiger partial charge < -0.3 is 26.0 Å². The van der Waals surface area contributed by atoms with Crippen molar-refractivity contribution in [1.82, 2.24) is 10.6 Å². The summed E-state index contributed by atoms with van der Waals surface area (Å²) < 4.78 is 1.94. The lowest BCUT2D eigenvalue weighted by atomic mass is 10.00. The molecule has 2 atom stereocenters. The molecule has 3 aromatic carbocycles. The number of carbonyl (C=O) groups excluding carboxylic acids is 2. The number of rotatable bonds is 12. The second-order valence-electron chi connectivity index (χ2n) is 9.69. The summed E-state index contributed by atoms with van der Waals surface area (Å²) in [5.74, 6) is -0.227. The third-order valence-electron chi connectivity index (χ3n) is 6.63. The van der Waals surface area contributed by atoms with Crippen LogP contribution in [-0.4, -0.2) is 48.7 Å². The van der Waals surface area contributed by atoms with Crippen molar-refractivity contribution in [3.63, 3.8) is 0 Å². The van der Waals surface area contributed by atoms with Gasteiger partial charge in [0.25, 0.3) is 5.91 Å². The summed E-state index contributed by atoms with van der Waals surface area (Å²) >= 11 is 7.01. The molecule has 206 valence electrons. The first-order valence-electron chi connectivity index (χ1n) is 13.2. The largest absolute Gasteiger partial charge is 0.390 e. The Bertz CT molecular complexity index is 1270. The van der Waals surface area contributed by atoms with E-state index >= 15 is 0 Å². The van der Waals surface area contributed by atoms with Gasteiger partial charge in [0.2, 0.25) is 5.91 Å². The van der Waals surface area contributed by atoms with Gasteiger partial charge in [-0.2, -0.15) is 0 Å². The zero-order valence-electron chi connectivity index (χ0n) is 21.9. The summed E-state index contributed by atoms with van der Waals surface area (Å²) in [4.78, 5) is 27.7. The topological polar surface area (TPSA) is 93.7 Å². The first kappa shape index (κ1) is 29.3. The Morgan fingerprint density at radius 3 is 2.44 bits per heavy atom. The maximum atomic E-state index is 13.5. The first-order valence-corrected chi connectivity index (χ1v) is 14.8. The molecule has 0 unspecified atom stereocenters. The zero-order valence-corrected chi connectivity index (χ0v) is 25.1.